The molecule has 0 aliphatic rings. The van der Waals surface area contributed by atoms with Gasteiger partial charge in [0.2, 0.25) is 0 Å². The van der Waals surface area contributed by atoms with Crippen LogP contribution in [0.25, 0.3) is 0 Å². The summed E-state index contributed by atoms with van der Waals surface area (Å²) < 4.78 is 10.3. The van der Waals surface area contributed by atoms with Crippen molar-refractivity contribution in [1.29, 1.82) is 0 Å². The van der Waals surface area contributed by atoms with Gasteiger partial charge >= 0.3 is 0 Å². The zero-order valence-electron chi connectivity index (χ0n) is 11.4. The molecular formula is C14H18N2O3. The lowest BCUT2D eigenvalue weighted by Crippen LogP contribution is -2.02. The number of aliphatic hydroxyl groups is 1. The second-order valence-electron chi connectivity index (χ2n) is 4.34. The third-order valence-electron chi connectivity index (χ3n) is 3.10. The summed E-state index contributed by atoms with van der Waals surface area (Å²) in [5.41, 5.74) is 3.62. The fourth-order valence-corrected chi connectivity index (χ4v) is 1.96. The Morgan fingerprint density at radius 1 is 1.37 bits per heavy atom. The van der Waals surface area contributed by atoms with Gasteiger partial charge in [-0.2, -0.15) is 0 Å². The van der Waals surface area contributed by atoms with Crippen molar-refractivity contribution in [3.05, 3.63) is 40.8 Å². The Morgan fingerprint density at radius 2 is 2.16 bits per heavy atom. The number of nitrogens with zero attached hydrogens (tertiary/aromatic N) is 1. The lowest BCUT2D eigenvalue weighted by atomic mass is 10.1. The van der Waals surface area contributed by atoms with E-state index in [1.165, 1.54) is 0 Å². The molecule has 5 heteroatoms. The van der Waals surface area contributed by atoms with Crippen LogP contribution in [0.2, 0.25) is 0 Å². The van der Waals surface area contributed by atoms with E-state index in [-0.39, 0.29) is 6.61 Å². The van der Waals surface area contributed by atoms with E-state index < -0.39 is 0 Å². The second kappa shape index (κ2) is 5.75. The second-order valence-corrected chi connectivity index (χ2v) is 4.34. The topological polar surface area (TPSA) is 67.5 Å². The fraction of sp³-hybridized carbons (Fsp3) is 0.357. The Bertz CT molecular complexity index is 544. The highest BCUT2D eigenvalue weighted by atomic mass is 16.5. The maximum atomic E-state index is 9.28. The molecule has 2 rings (SSSR count). The molecule has 1 aromatic carbocycles. The Balaban J connectivity index is 2.12. The summed E-state index contributed by atoms with van der Waals surface area (Å²) in [4.78, 5) is 0. The minimum absolute atomic E-state index is 0.0516. The van der Waals surface area contributed by atoms with E-state index in [1.54, 1.807) is 7.11 Å². The van der Waals surface area contributed by atoms with E-state index in [0.29, 0.717) is 12.3 Å². The number of hydrogen-bond donors (Lipinski definition) is 2. The van der Waals surface area contributed by atoms with Gasteiger partial charge < -0.3 is 19.7 Å². The SMILES string of the molecule is COc1ccc(NCc2c(C)noc2C)cc1CO. The number of benzene rings is 1. The number of methoxy groups -OCH3 is 1. The van der Waals surface area contributed by atoms with E-state index in [4.69, 9.17) is 9.26 Å². The van der Waals surface area contributed by atoms with Crippen LogP contribution >= 0.6 is 0 Å². The number of nitrogens with one attached hydrogen (secondary N) is 1. The Hall–Kier alpha value is -2.01. The van der Waals surface area contributed by atoms with Gasteiger partial charge in [-0.15, -0.1) is 0 Å². The molecule has 0 aliphatic heterocycles. The lowest BCUT2D eigenvalue weighted by Gasteiger charge is -2.10. The van der Waals surface area contributed by atoms with Crippen molar-refractivity contribution < 1.29 is 14.4 Å². The summed E-state index contributed by atoms with van der Waals surface area (Å²) >= 11 is 0. The first kappa shape index (κ1) is 13.4. The molecule has 0 saturated heterocycles. The monoisotopic (exact) mass is 262 g/mol. The van der Waals surface area contributed by atoms with Crippen molar-refractivity contribution in [3.63, 3.8) is 0 Å². The van der Waals surface area contributed by atoms with Crippen molar-refractivity contribution in [3.8, 4) is 5.75 Å². The number of hydrogen-bond acceptors (Lipinski definition) is 5. The zero-order chi connectivity index (χ0) is 13.8. The minimum Gasteiger partial charge on any atom is -0.496 e. The van der Waals surface area contributed by atoms with Gasteiger partial charge in [0.1, 0.15) is 11.5 Å². The summed E-state index contributed by atoms with van der Waals surface area (Å²) in [7, 11) is 1.59. The van der Waals surface area contributed by atoms with E-state index >= 15 is 0 Å². The van der Waals surface area contributed by atoms with Crippen molar-refractivity contribution in [2.45, 2.75) is 27.0 Å². The molecule has 0 spiro atoms. The third-order valence-corrected chi connectivity index (χ3v) is 3.10. The van der Waals surface area contributed by atoms with Crippen molar-refractivity contribution in [2.75, 3.05) is 12.4 Å². The molecule has 0 fully saturated rings. The highest BCUT2D eigenvalue weighted by molar-refractivity contribution is 5.51. The predicted octanol–water partition coefficient (Wildman–Crippen LogP) is 2.40. The van der Waals surface area contributed by atoms with E-state index in [2.05, 4.69) is 10.5 Å². The molecule has 19 heavy (non-hydrogen) atoms. The first-order valence-electron chi connectivity index (χ1n) is 6.09. The standard InChI is InChI=1S/C14H18N2O3/c1-9-13(10(2)19-16-9)7-15-12-4-5-14(18-3)11(6-12)8-17/h4-6,15,17H,7-8H2,1-3H3. The molecule has 0 aliphatic carbocycles. The van der Waals surface area contributed by atoms with Crippen LogP contribution in [0, 0.1) is 13.8 Å². The first-order valence-corrected chi connectivity index (χ1v) is 6.09. The maximum Gasteiger partial charge on any atom is 0.138 e. The van der Waals surface area contributed by atoms with Crippen LogP contribution in [0.15, 0.2) is 22.7 Å². The van der Waals surface area contributed by atoms with Gasteiger partial charge in [0.05, 0.1) is 19.4 Å². The molecule has 102 valence electrons. The maximum absolute atomic E-state index is 9.28. The Kier molecular flexibility index (Phi) is 4.06. The molecule has 0 bridgehead atoms. The van der Waals surface area contributed by atoms with E-state index in [9.17, 15) is 5.11 Å². The summed E-state index contributed by atoms with van der Waals surface area (Å²) in [5.74, 6) is 1.51. The normalized spacial score (nSPS) is 10.5. The Labute approximate surface area is 112 Å². The van der Waals surface area contributed by atoms with Gasteiger partial charge in [-0.3, -0.25) is 0 Å². The van der Waals surface area contributed by atoms with Gasteiger partial charge in [-0.1, -0.05) is 5.16 Å². The van der Waals surface area contributed by atoms with E-state index in [1.807, 2.05) is 32.0 Å². The average molecular weight is 262 g/mol. The van der Waals surface area contributed by atoms with Crippen LogP contribution in [0.5, 0.6) is 5.75 Å². The van der Waals surface area contributed by atoms with Gasteiger partial charge in [0, 0.05) is 23.4 Å². The first-order chi connectivity index (χ1) is 9.15. The highest BCUT2D eigenvalue weighted by Gasteiger charge is 2.09. The molecular weight excluding hydrogens is 244 g/mol. The van der Waals surface area contributed by atoms with Crippen molar-refractivity contribution in [2.24, 2.45) is 0 Å². The third kappa shape index (κ3) is 2.88. The number of anilines is 1. The number of aryl methyl sites for hydroxylation is 2. The smallest absolute Gasteiger partial charge is 0.138 e. The highest BCUT2D eigenvalue weighted by Crippen LogP contribution is 2.23. The molecule has 2 aromatic rings. The van der Waals surface area contributed by atoms with Gasteiger partial charge in [0.15, 0.2) is 0 Å². The number of aromatic nitrogens is 1. The molecule has 2 N–H and O–H groups in total. The van der Waals surface area contributed by atoms with Crippen LogP contribution in [-0.4, -0.2) is 17.4 Å². The summed E-state index contributed by atoms with van der Waals surface area (Å²) in [6.07, 6.45) is 0. The average Bonchev–Trinajstić information content (AvgIpc) is 2.75. The Morgan fingerprint density at radius 3 is 2.74 bits per heavy atom. The predicted molar refractivity (Wildman–Crippen MR) is 72.2 cm³/mol. The molecule has 0 saturated carbocycles. The molecule has 0 unspecified atom stereocenters. The molecule has 1 heterocycles. The molecule has 0 atom stereocenters. The van der Waals surface area contributed by atoms with Crippen LogP contribution in [0.1, 0.15) is 22.6 Å². The molecule has 0 radical (unpaired) electrons. The zero-order valence-corrected chi connectivity index (χ0v) is 11.4. The fourth-order valence-electron chi connectivity index (χ4n) is 1.96. The van der Waals surface area contributed by atoms with Crippen molar-refractivity contribution in [1.82, 2.24) is 5.16 Å². The van der Waals surface area contributed by atoms with Crippen LogP contribution < -0.4 is 10.1 Å². The quantitative estimate of drug-likeness (QED) is 0.866. The minimum atomic E-state index is -0.0516. The summed E-state index contributed by atoms with van der Waals surface area (Å²) in [5, 5.41) is 16.5. The largest absolute Gasteiger partial charge is 0.496 e. The molecule has 5 nitrogen and oxygen atoms in total. The molecule has 1 aromatic heterocycles. The van der Waals surface area contributed by atoms with Gasteiger partial charge in [-0.05, 0) is 32.0 Å². The van der Waals surface area contributed by atoms with Crippen molar-refractivity contribution >= 4 is 5.69 Å². The summed E-state index contributed by atoms with van der Waals surface area (Å²) in [6, 6.07) is 5.62. The summed E-state index contributed by atoms with van der Waals surface area (Å²) in [6.45, 7) is 4.40. The van der Waals surface area contributed by atoms with Gasteiger partial charge in [-0.25, -0.2) is 0 Å². The number of rotatable bonds is 5. The van der Waals surface area contributed by atoms with Crippen LogP contribution in [-0.2, 0) is 13.2 Å². The van der Waals surface area contributed by atoms with E-state index in [0.717, 1.165) is 28.3 Å². The number of ether oxygens (including phenoxy) is 1. The number of aliphatic hydroxyl groups excluding tert-OH is 1. The van der Waals surface area contributed by atoms with Gasteiger partial charge in [0.25, 0.3) is 0 Å². The molecule has 0 amide bonds. The van der Waals surface area contributed by atoms with Crippen LogP contribution in [0.3, 0.4) is 0 Å². The van der Waals surface area contributed by atoms with Crippen LogP contribution in [0.4, 0.5) is 5.69 Å². The lowest BCUT2D eigenvalue weighted by molar-refractivity contribution is 0.274.